The number of nitrogens with one attached hydrogen (secondary N) is 1. The predicted octanol–water partition coefficient (Wildman–Crippen LogP) is 3.28. The zero-order chi connectivity index (χ0) is 17.4. The number of nitrogens with zero attached hydrogens (tertiary/aromatic N) is 1. The van der Waals surface area contributed by atoms with Crippen molar-refractivity contribution in [1.82, 2.24) is 10.2 Å². The van der Waals surface area contributed by atoms with Crippen molar-refractivity contribution < 1.29 is 14.3 Å². The second-order valence-corrected chi connectivity index (χ2v) is 6.56. The van der Waals surface area contributed by atoms with Gasteiger partial charge in [0.15, 0.2) is 0 Å². The Hall–Kier alpha value is -1.46. The fourth-order valence-electron chi connectivity index (χ4n) is 2.53. The summed E-state index contributed by atoms with van der Waals surface area (Å²) >= 11 is 11.8. The zero-order valence-corrected chi connectivity index (χ0v) is 15.0. The molecule has 0 saturated carbocycles. The topological polar surface area (TPSA) is 58.6 Å². The highest BCUT2D eigenvalue weighted by Gasteiger charge is 2.17. The van der Waals surface area contributed by atoms with Crippen LogP contribution in [-0.2, 0) is 9.59 Å². The fraction of sp³-hybridized carbons (Fsp3) is 0.529. The highest BCUT2D eigenvalue weighted by Crippen LogP contribution is 2.27. The molecule has 0 atom stereocenters. The Morgan fingerprint density at radius 1 is 1.17 bits per heavy atom. The monoisotopic (exact) mass is 372 g/mol. The lowest BCUT2D eigenvalue weighted by atomic mass is 10.3. The van der Waals surface area contributed by atoms with Gasteiger partial charge in [-0.2, -0.15) is 0 Å². The van der Waals surface area contributed by atoms with Crippen molar-refractivity contribution in [2.24, 2.45) is 0 Å². The number of amides is 2. The second-order valence-electron chi connectivity index (χ2n) is 5.71. The van der Waals surface area contributed by atoms with E-state index in [2.05, 4.69) is 5.32 Å². The number of carbonyl (C=O) groups is 2. The molecular formula is C17H22Cl2N2O3. The molecule has 2 rings (SSSR count). The van der Waals surface area contributed by atoms with Gasteiger partial charge in [0, 0.05) is 37.5 Å². The molecular weight excluding hydrogens is 351 g/mol. The Labute approximate surface area is 152 Å². The van der Waals surface area contributed by atoms with Crippen LogP contribution < -0.4 is 10.1 Å². The van der Waals surface area contributed by atoms with E-state index in [0.717, 1.165) is 25.9 Å². The zero-order valence-electron chi connectivity index (χ0n) is 13.5. The molecule has 0 aromatic heterocycles. The van der Waals surface area contributed by atoms with Crippen LogP contribution >= 0.6 is 23.2 Å². The lowest BCUT2D eigenvalue weighted by molar-refractivity contribution is -0.130. The first-order chi connectivity index (χ1) is 11.6. The molecule has 132 valence electrons. The third kappa shape index (κ3) is 6.21. The third-order valence-corrected chi connectivity index (χ3v) is 4.35. The number of halogens is 2. The highest BCUT2D eigenvalue weighted by atomic mass is 35.5. The standard InChI is InChI=1S/C17H22Cl2N2O3/c18-13-5-6-15(14(19)12-13)24-11-3-4-16(22)20-8-7-17(23)21-9-1-2-10-21/h5-6,12H,1-4,7-11H2,(H,20,22). The smallest absolute Gasteiger partial charge is 0.224 e. The molecule has 1 aliphatic heterocycles. The lowest BCUT2D eigenvalue weighted by Crippen LogP contribution is -2.32. The van der Waals surface area contributed by atoms with Crippen molar-refractivity contribution in [1.29, 1.82) is 0 Å². The molecule has 0 unspecified atom stereocenters. The van der Waals surface area contributed by atoms with Crippen LogP contribution in [-0.4, -0.2) is 43.0 Å². The maximum atomic E-state index is 11.8. The average molecular weight is 373 g/mol. The minimum Gasteiger partial charge on any atom is -0.492 e. The molecule has 1 heterocycles. The first-order valence-electron chi connectivity index (χ1n) is 8.18. The van der Waals surface area contributed by atoms with Gasteiger partial charge in [0.05, 0.1) is 11.6 Å². The highest BCUT2D eigenvalue weighted by molar-refractivity contribution is 6.35. The van der Waals surface area contributed by atoms with Gasteiger partial charge in [-0.05, 0) is 37.5 Å². The number of likely N-dealkylation sites (tertiary alicyclic amines) is 1. The van der Waals surface area contributed by atoms with Gasteiger partial charge >= 0.3 is 0 Å². The Bertz CT molecular complexity index is 575. The third-order valence-electron chi connectivity index (χ3n) is 3.82. The van der Waals surface area contributed by atoms with Crippen LogP contribution in [0.15, 0.2) is 18.2 Å². The van der Waals surface area contributed by atoms with Crippen LogP contribution in [0.2, 0.25) is 10.0 Å². The van der Waals surface area contributed by atoms with E-state index in [-0.39, 0.29) is 11.8 Å². The van der Waals surface area contributed by atoms with Crippen molar-refractivity contribution >= 4 is 35.0 Å². The maximum absolute atomic E-state index is 11.8. The minimum absolute atomic E-state index is 0.0741. The molecule has 1 fully saturated rings. The van der Waals surface area contributed by atoms with E-state index < -0.39 is 0 Å². The quantitative estimate of drug-likeness (QED) is 0.712. The summed E-state index contributed by atoms with van der Waals surface area (Å²) in [7, 11) is 0. The van der Waals surface area contributed by atoms with Gasteiger partial charge in [0.1, 0.15) is 5.75 Å². The molecule has 1 aliphatic rings. The van der Waals surface area contributed by atoms with Gasteiger partial charge in [0.25, 0.3) is 0 Å². The van der Waals surface area contributed by atoms with E-state index in [0.29, 0.717) is 48.2 Å². The van der Waals surface area contributed by atoms with Crippen molar-refractivity contribution in [2.45, 2.75) is 32.1 Å². The number of carbonyl (C=O) groups excluding carboxylic acids is 2. The number of benzene rings is 1. The van der Waals surface area contributed by atoms with E-state index in [1.165, 1.54) is 0 Å². The van der Waals surface area contributed by atoms with Crippen molar-refractivity contribution in [3.8, 4) is 5.75 Å². The molecule has 1 aromatic carbocycles. The summed E-state index contributed by atoms with van der Waals surface area (Å²) in [5.41, 5.74) is 0. The Morgan fingerprint density at radius 3 is 2.62 bits per heavy atom. The van der Waals surface area contributed by atoms with E-state index in [1.807, 2.05) is 4.90 Å². The first-order valence-corrected chi connectivity index (χ1v) is 8.94. The lowest BCUT2D eigenvalue weighted by Gasteiger charge is -2.15. The molecule has 0 radical (unpaired) electrons. The Kier molecular flexibility index (Phi) is 7.66. The molecule has 7 heteroatoms. The molecule has 5 nitrogen and oxygen atoms in total. The van der Waals surface area contributed by atoms with E-state index in [9.17, 15) is 9.59 Å². The molecule has 2 amide bonds. The molecule has 1 aromatic rings. The van der Waals surface area contributed by atoms with Gasteiger partial charge in [-0.15, -0.1) is 0 Å². The van der Waals surface area contributed by atoms with E-state index >= 15 is 0 Å². The van der Waals surface area contributed by atoms with Gasteiger partial charge in [-0.25, -0.2) is 0 Å². The van der Waals surface area contributed by atoms with E-state index in [1.54, 1.807) is 18.2 Å². The summed E-state index contributed by atoms with van der Waals surface area (Å²) in [5.74, 6) is 0.598. The number of rotatable bonds is 8. The van der Waals surface area contributed by atoms with Crippen LogP contribution in [0.3, 0.4) is 0 Å². The van der Waals surface area contributed by atoms with Crippen molar-refractivity contribution in [2.75, 3.05) is 26.2 Å². The largest absolute Gasteiger partial charge is 0.492 e. The Balaban J connectivity index is 1.55. The van der Waals surface area contributed by atoms with Crippen LogP contribution in [0.25, 0.3) is 0 Å². The second kappa shape index (κ2) is 9.74. The summed E-state index contributed by atoms with van der Waals surface area (Å²) < 4.78 is 5.52. The summed E-state index contributed by atoms with van der Waals surface area (Å²) in [5, 5.41) is 3.77. The fourth-order valence-corrected chi connectivity index (χ4v) is 2.99. The molecule has 0 bridgehead atoms. The summed E-state index contributed by atoms with van der Waals surface area (Å²) in [6.45, 7) is 2.47. The minimum atomic E-state index is -0.0741. The van der Waals surface area contributed by atoms with Gasteiger partial charge in [0.2, 0.25) is 11.8 Å². The summed E-state index contributed by atoms with van der Waals surface area (Å²) in [4.78, 5) is 25.4. The Morgan fingerprint density at radius 2 is 1.92 bits per heavy atom. The number of hydrogen-bond acceptors (Lipinski definition) is 3. The molecule has 24 heavy (non-hydrogen) atoms. The van der Waals surface area contributed by atoms with Crippen LogP contribution in [0.4, 0.5) is 0 Å². The van der Waals surface area contributed by atoms with E-state index in [4.69, 9.17) is 27.9 Å². The van der Waals surface area contributed by atoms with Crippen LogP contribution in [0.1, 0.15) is 32.1 Å². The van der Waals surface area contributed by atoms with Crippen molar-refractivity contribution in [3.63, 3.8) is 0 Å². The molecule has 0 aliphatic carbocycles. The van der Waals surface area contributed by atoms with Gasteiger partial charge in [-0.1, -0.05) is 23.2 Å². The number of hydrogen-bond donors (Lipinski definition) is 1. The maximum Gasteiger partial charge on any atom is 0.224 e. The molecule has 1 saturated heterocycles. The van der Waals surface area contributed by atoms with Gasteiger partial charge in [-0.3, -0.25) is 9.59 Å². The molecule has 1 N–H and O–H groups in total. The molecule has 0 spiro atoms. The number of ether oxygens (including phenoxy) is 1. The predicted molar refractivity (Wildman–Crippen MR) is 94.6 cm³/mol. The summed E-state index contributed by atoms with van der Waals surface area (Å²) in [6.07, 6.45) is 3.45. The SMILES string of the molecule is O=C(CCCOc1ccc(Cl)cc1Cl)NCCC(=O)N1CCCC1. The van der Waals surface area contributed by atoms with Crippen LogP contribution in [0.5, 0.6) is 5.75 Å². The normalized spacial score (nSPS) is 13.8. The summed E-state index contributed by atoms with van der Waals surface area (Å²) in [6, 6.07) is 5.02. The van der Waals surface area contributed by atoms with Gasteiger partial charge < -0.3 is 15.0 Å². The average Bonchev–Trinajstić information content (AvgIpc) is 3.07. The van der Waals surface area contributed by atoms with Crippen LogP contribution in [0, 0.1) is 0 Å². The first kappa shape index (κ1) is 18.9. The van der Waals surface area contributed by atoms with Crippen molar-refractivity contribution in [3.05, 3.63) is 28.2 Å².